The van der Waals surface area contributed by atoms with E-state index in [0.29, 0.717) is 11.3 Å². The maximum atomic E-state index is 12.8. The summed E-state index contributed by atoms with van der Waals surface area (Å²) in [6, 6.07) is 5.95. The third-order valence-corrected chi connectivity index (χ3v) is 5.16. The van der Waals surface area contributed by atoms with Crippen molar-refractivity contribution >= 4 is 21.8 Å². The van der Waals surface area contributed by atoms with Crippen LogP contribution in [-0.4, -0.2) is 23.9 Å². The lowest BCUT2D eigenvalue weighted by Crippen LogP contribution is -2.33. The van der Waals surface area contributed by atoms with Crippen LogP contribution in [0.5, 0.6) is 0 Å². The maximum absolute atomic E-state index is 12.8. The number of carbonyl (C=O) groups excluding carboxylic acids is 1. The van der Waals surface area contributed by atoms with Gasteiger partial charge in [0.2, 0.25) is 0 Å². The SMILES string of the molecule is Cc1ccc(Br)cc1C(=O)N1CCCC(C(C)(C)C)CC1. The number of benzene rings is 1. The predicted octanol–water partition coefficient (Wildman–Crippen LogP) is 5.05. The van der Waals surface area contributed by atoms with E-state index >= 15 is 0 Å². The molecule has 2 rings (SSSR count). The van der Waals surface area contributed by atoms with Crippen molar-refractivity contribution in [2.45, 2.75) is 47.0 Å². The molecule has 2 nitrogen and oxygen atoms in total. The summed E-state index contributed by atoms with van der Waals surface area (Å²) >= 11 is 3.47. The van der Waals surface area contributed by atoms with Gasteiger partial charge in [0.15, 0.2) is 0 Å². The summed E-state index contributed by atoms with van der Waals surface area (Å²) < 4.78 is 0.971. The van der Waals surface area contributed by atoms with Gasteiger partial charge in [0, 0.05) is 23.1 Å². The minimum absolute atomic E-state index is 0.184. The van der Waals surface area contributed by atoms with Crippen LogP contribution in [0.3, 0.4) is 0 Å². The average molecular weight is 352 g/mol. The summed E-state index contributed by atoms with van der Waals surface area (Å²) in [7, 11) is 0. The van der Waals surface area contributed by atoms with E-state index < -0.39 is 0 Å². The van der Waals surface area contributed by atoms with Gasteiger partial charge in [0.25, 0.3) is 5.91 Å². The van der Waals surface area contributed by atoms with Gasteiger partial charge in [-0.25, -0.2) is 0 Å². The van der Waals surface area contributed by atoms with Gasteiger partial charge in [-0.05, 0) is 55.2 Å². The molecule has 1 aliphatic rings. The van der Waals surface area contributed by atoms with E-state index in [1.807, 2.05) is 30.0 Å². The van der Waals surface area contributed by atoms with Crippen LogP contribution in [0.4, 0.5) is 0 Å². The van der Waals surface area contributed by atoms with E-state index in [-0.39, 0.29) is 5.91 Å². The highest BCUT2D eigenvalue weighted by Crippen LogP contribution is 2.34. The molecule has 0 N–H and O–H groups in total. The van der Waals surface area contributed by atoms with Crippen LogP contribution in [0, 0.1) is 18.3 Å². The number of amides is 1. The lowest BCUT2D eigenvalue weighted by atomic mass is 9.77. The molecular formula is C18H26BrNO. The molecule has 0 saturated carbocycles. The van der Waals surface area contributed by atoms with Crippen LogP contribution in [0.2, 0.25) is 0 Å². The Morgan fingerprint density at radius 2 is 1.95 bits per heavy atom. The van der Waals surface area contributed by atoms with E-state index in [9.17, 15) is 4.79 Å². The Hall–Kier alpha value is -0.830. The van der Waals surface area contributed by atoms with E-state index in [4.69, 9.17) is 0 Å². The van der Waals surface area contributed by atoms with Crippen molar-refractivity contribution in [1.82, 2.24) is 4.90 Å². The smallest absolute Gasteiger partial charge is 0.254 e. The van der Waals surface area contributed by atoms with E-state index in [1.54, 1.807) is 0 Å². The zero-order chi connectivity index (χ0) is 15.6. The number of halogens is 1. The molecule has 1 fully saturated rings. The summed E-state index contributed by atoms with van der Waals surface area (Å²) in [6.07, 6.45) is 3.45. The molecule has 3 heteroatoms. The van der Waals surface area contributed by atoms with Crippen LogP contribution in [0.25, 0.3) is 0 Å². The van der Waals surface area contributed by atoms with E-state index in [2.05, 4.69) is 36.7 Å². The standard InChI is InChI=1S/C18H26BrNO/c1-13-7-8-15(19)12-16(13)17(21)20-10-5-6-14(9-11-20)18(2,3)4/h7-8,12,14H,5-6,9-11H2,1-4H3. The molecule has 1 saturated heterocycles. The molecule has 0 aliphatic carbocycles. The molecular weight excluding hydrogens is 326 g/mol. The number of likely N-dealkylation sites (tertiary alicyclic amines) is 1. The molecule has 1 atom stereocenters. The van der Waals surface area contributed by atoms with Crippen LogP contribution >= 0.6 is 15.9 Å². The Morgan fingerprint density at radius 3 is 2.62 bits per heavy atom. The second kappa shape index (κ2) is 6.51. The quantitative estimate of drug-likeness (QED) is 0.693. The van der Waals surface area contributed by atoms with Gasteiger partial charge >= 0.3 is 0 Å². The monoisotopic (exact) mass is 351 g/mol. The van der Waals surface area contributed by atoms with Gasteiger partial charge in [-0.3, -0.25) is 4.79 Å². The molecule has 1 amide bonds. The van der Waals surface area contributed by atoms with Crippen molar-refractivity contribution < 1.29 is 4.79 Å². The third kappa shape index (κ3) is 4.09. The van der Waals surface area contributed by atoms with Crippen LogP contribution < -0.4 is 0 Å². The van der Waals surface area contributed by atoms with E-state index in [1.165, 1.54) is 6.42 Å². The van der Waals surface area contributed by atoms with E-state index in [0.717, 1.165) is 41.5 Å². The molecule has 0 radical (unpaired) electrons. The number of hydrogen-bond acceptors (Lipinski definition) is 1. The normalized spacial score (nSPS) is 20.2. The van der Waals surface area contributed by atoms with Crippen molar-refractivity contribution in [1.29, 1.82) is 0 Å². The summed E-state index contributed by atoms with van der Waals surface area (Å²) in [5, 5.41) is 0. The molecule has 0 aromatic heterocycles. The number of nitrogens with zero attached hydrogens (tertiary/aromatic N) is 1. The fraction of sp³-hybridized carbons (Fsp3) is 0.611. The first kappa shape index (κ1) is 16.5. The first-order valence-corrected chi connectivity index (χ1v) is 8.64. The zero-order valence-corrected chi connectivity index (χ0v) is 15.2. The fourth-order valence-electron chi connectivity index (χ4n) is 3.16. The topological polar surface area (TPSA) is 20.3 Å². The Labute approximate surface area is 137 Å². The summed E-state index contributed by atoms with van der Waals surface area (Å²) in [4.78, 5) is 14.8. The van der Waals surface area contributed by atoms with Gasteiger partial charge in [0.1, 0.15) is 0 Å². The first-order chi connectivity index (χ1) is 9.79. The molecule has 1 aromatic carbocycles. The molecule has 21 heavy (non-hydrogen) atoms. The lowest BCUT2D eigenvalue weighted by molar-refractivity contribution is 0.0755. The fourth-order valence-corrected chi connectivity index (χ4v) is 3.52. The summed E-state index contributed by atoms with van der Waals surface area (Å²) in [5.74, 6) is 0.891. The van der Waals surface area contributed by atoms with Crippen molar-refractivity contribution in [2.75, 3.05) is 13.1 Å². The Morgan fingerprint density at radius 1 is 1.24 bits per heavy atom. The average Bonchev–Trinajstić information content (AvgIpc) is 2.66. The molecule has 1 aromatic rings. The minimum Gasteiger partial charge on any atom is -0.339 e. The summed E-state index contributed by atoms with van der Waals surface area (Å²) in [5.41, 5.74) is 2.23. The highest BCUT2D eigenvalue weighted by Gasteiger charge is 2.29. The van der Waals surface area contributed by atoms with Crippen LogP contribution in [0.1, 0.15) is 56.0 Å². The van der Waals surface area contributed by atoms with Crippen LogP contribution in [0.15, 0.2) is 22.7 Å². The predicted molar refractivity (Wildman–Crippen MR) is 91.6 cm³/mol. The second-order valence-corrected chi connectivity index (χ2v) is 8.16. The van der Waals surface area contributed by atoms with Gasteiger partial charge in [-0.15, -0.1) is 0 Å². The molecule has 1 heterocycles. The third-order valence-electron chi connectivity index (χ3n) is 4.67. The number of rotatable bonds is 1. The van der Waals surface area contributed by atoms with Gasteiger partial charge in [0.05, 0.1) is 0 Å². The Balaban J connectivity index is 2.12. The largest absolute Gasteiger partial charge is 0.339 e. The van der Waals surface area contributed by atoms with Crippen molar-refractivity contribution in [3.63, 3.8) is 0 Å². The highest BCUT2D eigenvalue weighted by atomic mass is 79.9. The first-order valence-electron chi connectivity index (χ1n) is 7.84. The van der Waals surface area contributed by atoms with Crippen molar-refractivity contribution in [3.05, 3.63) is 33.8 Å². The second-order valence-electron chi connectivity index (χ2n) is 7.25. The van der Waals surface area contributed by atoms with Gasteiger partial charge in [-0.1, -0.05) is 42.8 Å². The number of carbonyl (C=O) groups is 1. The highest BCUT2D eigenvalue weighted by molar-refractivity contribution is 9.10. The van der Waals surface area contributed by atoms with Crippen molar-refractivity contribution in [3.8, 4) is 0 Å². The van der Waals surface area contributed by atoms with Gasteiger partial charge < -0.3 is 4.90 Å². The lowest BCUT2D eigenvalue weighted by Gasteiger charge is -2.29. The van der Waals surface area contributed by atoms with Crippen LogP contribution in [-0.2, 0) is 0 Å². The molecule has 1 unspecified atom stereocenters. The minimum atomic E-state index is 0.184. The maximum Gasteiger partial charge on any atom is 0.254 e. The van der Waals surface area contributed by atoms with Crippen molar-refractivity contribution in [2.24, 2.45) is 11.3 Å². The number of aryl methyl sites for hydroxylation is 1. The molecule has 0 spiro atoms. The number of hydrogen-bond donors (Lipinski definition) is 0. The molecule has 116 valence electrons. The Kier molecular flexibility index (Phi) is 5.13. The molecule has 1 aliphatic heterocycles. The molecule has 0 bridgehead atoms. The summed E-state index contributed by atoms with van der Waals surface area (Å²) in [6.45, 7) is 10.7. The Bertz CT molecular complexity index is 518. The zero-order valence-electron chi connectivity index (χ0n) is 13.6. The van der Waals surface area contributed by atoms with Gasteiger partial charge in [-0.2, -0.15) is 0 Å².